The Morgan fingerprint density at radius 3 is 2.04 bits per heavy atom. The molecule has 0 aromatic carbocycles. The van der Waals surface area contributed by atoms with E-state index in [4.69, 9.17) is 4.74 Å². The first kappa shape index (κ1) is 17.7. The normalized spacial score (nSPS) is 45.7. The van der Waals surface area contributed by atoms with Crippen molar-refractivity contribution >= 4 is 24.1 Å². The van der Waals surface area contributed by atoms with Crippen molar-refractivity contribution in [1.29, 1.82) is 0 Å². The number of methoxy groups -OCH3 is 1. The summed E-state index contributed by atoms with van der Waals surface area (Å²) in [6.07, 6.45) is 8.79. The van der Waals surface area contributed by atoms with Gasteiger partial charge >= 0.3 is 5.97 Å². The van der Waals surface area contributed by atoms with Gasteiger partial charge in [-0.15, -0.1) is 11.8 Å². The predicted octanol–water partition coefficient (Wildman–Crippen LogP) is 3.69. The van der Waals surface area contributed by atoms with Gasteiger partial charge in [-0.3, -0.25) is 4.79 Å². The minimum Gasteiger partial charge on any atom is -0.467 e. The molecule has 4 aliphatic carbocycles. The van der Waals surface area contributed by atoms with Gasteiger partial charge < -0.3 is 9.64 Å². The molecule has 25 heavy (non-hydrogen) atoms. The third kappa shape index (κ3) is 2.72. The maximum absolute atomic E-state index is 12.7. The second-order valence-corrected chi connectivity index (χ2v) is 11.3. The predicted molar refractivity (Wildman–Crippen MR) is 98.9 cm³/mol. The maximum atomic E-state index is 12.7. The summed E-state index contributed by atoms with van der Waals surface area (Å²) in [5.74, 6) is 2.28. The quantitative estimate of drug-likeness (QED) is 0.565. The van der Waals surface area contributed by atoms with Crippen molar-refractivity contribution in [3.8, 4) is 0 Å². The monoisotopic (exact) mass is 365 g/mol. The van der Waals surface area contributed by atoms with Gasteiger partial charge in [0.1, 0.15) is 6.04 Å². The molecule has 0 unspecified atom stereocenters. The van der Waals surface area contributed by atoms with Crippen molar-refractivity contribution in [3.05, 3.63) is 0 Å². The van der Waals surface area contributed by atoms with E-state index in [1.807, 2.05) is 11.8 Å². The van der Waals surface area contributed by atoms with Crippen LogP contribution in [0.3, 0.4) is 0 Å². The highest BCUT2D eigenvalue weighted by Crippen LogP contribution is 2.66. The highest BCUT2D eigenvalue weighted by molar-refractivity contribution is 8.00. The third-order valence-electron chi connectivity index (χ3n) is 7.15. The molecule has 0 radical (unpaired) electrons. The minimum atomic E-state index is -0.423. The van der Waals surface area contributed by atoms with Crippen LogP contribution >= 0.6 is 11.8 Å². The van der Waals surface area contributed by atoms with Crippen LogP contribution in [0.5, 0.6) is 0 Å². The van der Waals surface area contributed by atoms with Crippen LogP contribution < -0.4 is 0 Å². The largest absolute Gasteiger partial charge is 0.467 e. The Bertz CT molecular complexity index is 534. The second kappa shape index (κ2) is 5.90. The summed E-state index contributed by atoms with van der Waals surface area (Å²) in [6.45, 7) is 6.49. The van der Waals surface area contributed by atoms with Crippen molar-refractivity contribution < 1.29 is 14.3 Å². The number of amides is 1. The number of hydrogen-bond acceptors (Lipinski definition) is 4. The molecular formula is C20H31NO3S. The number of thioether (sulfide) groups is 1. The van der Waals surface area contributed by atoms with E-state index in [1.165, 1.54) is 45.6 Å². The van der Waals surface area contributed by atoms with Crippen LogP contribution in [-0.4, -0.2) is 41.1 Å². The van der Waals surface area contributed by atoms with Gasteiger partial charge in [-0.2, -0.15) is 0 Å². The molecule has 5 fully saturated rings. The van der Waals surface area contributed by atoms with Crippen molar-refractivity contribution in [2.45, 2.75) is 76.0 Å². The van der Waals surface area contributed by atoms with E-state index in [0.29, 0.717) is 0 Å². The first-order chi connectivity index (χ1) is 11.8. The molecule has 5 rings (SSSR count). The molecule has 4 bridgehead atoms. The average Bonchev–Trinajstić information content (AvgIpc) is 2.93. The number of nitrogens with zero attached hydrogens (tertiary/aromatic N) is 1. The topological polar surface area (TPSA) is 46.6 Å². The molecule has 140 valence electrons. The second-order valence-electron chi connectivity index (χ2n) is 10.1. The van der Waals surface area contributed by atoms with E-state index in [9.17, 15) is 9.59 Å². The molecular weight excluding hydrogens is 334 g/mol. The number of rotatable bonds is 3. The zero-order valence-electron chi connectivity index (χ0n) is 15.9. The Hall–Kier alpha value is -0.710. The van der Waals surface area contributed by atoms with Gasteiger partial charge in [-0.1, -0.05) is 20.8 Å². The van der Waals surface area contributed by atoms with Crippen LogP contribution in [0.25, 0.3) is 0 Å². The van der Waals surface area contributed by atoms with Crippen LogP contribution in [-0.2, 0) is 14.3 Å². The van der Waals surface area contributed by atoms with Gasteiger partial charge in [0.05, 0.1) is 12.5 Å². The molecule has 1 saturated heterocycles. The summed E-state index contributed by atoms with van der Waals surface area (Å²) >= 11 is 1.88. The molecule has 4 nitrogen and oxygen atoms in total. The van der Waals surface area contributed by atoms with Crippen LogP contribution in [0.4, 0.5) is 0 Å². The van der Waals surface area contributed by atoms with E-state index in [2.05, 4.69) is 20.8 Å². The van der Waals surface area contributed by atoms with Gasteiger partial charge in [0, 0.05) is 5.25 Å². The number of carbonyl (C=O) groups is 2. The smallest absolute Gasteiger partial charge is 0.329 e. The van der Waals surface area contributed by atoms with Crippen LogP contribution in [0, 0.1) is 28.6 Å². The van der Waals surface area contributed by atoms with Gasteiger partial charge in [0.25, 0.3) is 0 Å². The van der Waals surface area contributed by atoms with E-state index >= 15 is 0 Å². The first-order valence-electron chi connectivity index (χ1n) is 9.73. The highest BCUT2D eigenvalue weighted by atomic mass is 32.2. The Labute approximate surface area is 155 Å². The van der Waals surface area contributed by atoms with Crippen molar-refractivity contribution in [1.82, 2.24) is 4.90 Å². The molecule has 1 aliphatic heterocycles. The molecule has 5 aliphatic rings. The van der Waals surface area contributed by atoms with Crippen LogP contribution in [0.15, 0.2) is 0 Å². The summed E-state index contributed by atoms with van der Waals surface area (Å²) in [5, 5.41) is 0.217. The minimum absolute atomic E-state index is 0.0344. The fourth-order valence-corrected chi connectivity index (χ4v) is 8.71. The first-order valence-corrected chi connectivity index (χ1v) is 10.7. The van der Waals surface area contributed by atoms with Crippen molar-refractivity contribution in [2.24, 2.45) is 28.6 Å². The van der Waals surface area contributed by atoms with Crippen LogP contribution in [0.1, 0.15) is 59.3 Å². The zero-order valence-corrected chi connectivity index (χ0v) is 16.7. The lowest BCUT2D eigenvalue weighted by Crippen LogP contribution is -2.56. The molecule has 1 heterocycles. The standard InChI is InChI=1S/C20H31NO3S/c1-19(2,3)18-21(11-22)15(17(23)24-4)16(25-18)20-8-12-5-13(9-20)7-14(6-12)10-20/h11-16,18H,5-10H2,1-4H3/t12?,13?,14?,15-,16-,18+,20?/m0/s1. The fourth-order valence-electron chi connectivity index (χ4n) is 6.73. The van der Waals surface area contributed by atoms with Crippen molar-refractivity contribution in [2.75, 3.05) is 7.11 Å². The molecule has 0 aromatic rings. The number of hydrogen-bond donors (Lipinski definition) is 0. The lowest BCUT2D eigenvalue weighted by molar-refractivity contribution is -0.153. The fraction of sp³-hybridized carbons (Fsp3) is 0.900. The third-order valence-corrected chi connectivity index (χ3v) is 9.41. The Morgan fingerprint density at radius 1 is 1.12 bits per heavy atom. The number of ether oxygens (including phenoxy) is 1. The molecule has 4 saturated carbocycles. The van der Waals surface area contributed by atoms with Gasteiger partial charge in [0.15, 0.2) is 0 Å². The summed E-state index contributed by atoms with van der Waals surface area (Å²) in [5.41, 5.74) is 0.161. The number of carbonyl (C=O) groups excluding carboxylic acids is 2. The van der Waals surface area contributed by atoms with E-state index in [1.54, 1.807) is 4.90 Å². The lowest BCUT2D eigenvalue weighted by Gasteiger charge is -2.59. The Morgan fingerprint density at radius 2 is 1.64 bits per heavy atom. The highest BCUT2D eigenvalue weighted by Gasteiger charge is 2.62. The van der Waals surface area contributed by atoms with E-state index in [-0.39, 0.29) is 27.4 Å². The van der Waals surface area contributed by atoms with Gasteiger partial charge in [-0.05, 0) is 67.1 Å². The summed E-state index contributed by atoms with van der Waals surface area (Å²) in [6, 6.07) is -0.423. The van der Waals surface area contributed by atoms with E-state index in [0.717, 1.165) is 24.2 Å². The Kier molecular flexibility index (Phi) is 4.17. The SMILES string of the molecule is COC(=O)[C@@H]1[C@@H](C23CC4CC(CC(C4)C2)C3)S[C@H](C(C)(C)C)N1C=O. The van der Waals surface area contributed by atoms with Crippen molar-refractivity contribution in [3.63, 3.8) is 0 Å². The summed E-state index contributed by atoms with van der Waals surface area (Å²) in [7, 11) is 1.46. The molecule has 0 spiro atoms. The van der Waals surface area contributed by atoms with Crippen LogP contribution in [0.2, 0.25) is 0 Å². The lowest BCUT2D eigenvalue weighted by atomic mass is 9.48. The molecule has 0 aromatic heterocycles. The number of esters is 1. The zero-order chi connectivity index (χ0) is 18.0. The van der Waals surface area contributed by atoms with Gasteiger partial charge in [0.2, 0.25) is 6.41 Å². The molecule has 1 amide bonds. The molecule has 5 heteroatoms. The summed E-state index contributed by atoms with van der Waals surface area (Å²) < 4.78 is 5.17. The molecule has 0 N–H and O–H groups in total. The van der Waals surface area contributed by atoms with Gasteiger partial charge in [-0.25, -0.2) is 4.79 Å². The Balaban J connectivity index is 1.71. The average molecular weight is 366 g/mol. The molecule has 3 atom stereocenters. The van der Waals surface area contributed by atoms with E-state index < -0.39 is 6.04 Å². The summed E-state index contributed by atoms with van der Waals surface area (Å²) in [4.78, 5) is 26.5. The maximum Gasteiger partial charge on any atom is 0.329 e.